The van der Waals surface area contributed by atoms with E-state index in [0.717, 1.165) is 122 Å². The van der Waals surface area contributed by atoms with Crippen LogP contribution in [-0.4, -0.2) is 29.0 Å². The molecular formula is C66H76N4O2. The predicted molar refractivity (Wildman–Crippen MR) is 294 cm³/mol. The van der Waals surface area contributed by atoms with Crippen LogP contribution >= 0.6 is 0 Å². The number of hydrogen-bond donors (Lipinski definition) is 2. The van der Waals surface area contributed by atoms with Crippen molar-refractivity contribution in [2.75, 3.05) is 5.32 Å². The summed E-state index contributed by atoms with van der Waals surface area (Å²) in [7, 11) is 0. The summed E-state index contributed by atoms with van der Waals surface area (Å²) in [4.78, 5) is 29.8. The van der Waals surface area contributed by atoms with Crippen LogP contribution in [0.5, 0.6) is 0 Å². The Hall–Kier alpha value is -5.20. The summed E-state index contributed by atoms with van der Waals surface area (Å²) in [5, 5.41) is 19.3. The van der Waals surface area contributed by atoms with Crippen molar-refractivity contribution in [1.29, 1.82) is 0 Å². The highest BCUT2D eigenvalue weighted by Crippen LogP contribution is 2.56. The van der Waals surface area contributed by atoms with Gasteiger partial charge < -0.3 is 10.4 Å². The molecule has 0 radical (unpaired) electrons. The van der Waals surface area contributed by atoms with Crippen LogP contribution in [0.15, 0.2) is 93.1 Å². The van der Waals surface area contributed by atoms with Crippen LogP contribution in [-0.2, 0) is 26.5 Å². The van der Waals surface area contributed by atoms with Crippen molar-refractivity contribution in [2.45, 2.75) is 211 Å². The van der Waals surface area contributed by atoms with Gasteiger partial charge >= 0.3 is 0 Å². The van der Waals surface area contributed by atoms with E-state index in [1.807, 2.05) is 0 Å². The average molecular weight is 957 g/mol. The molecule has 72 heavy (non-hydrogen) atoms. The molecule has 4 aromatic carbocycles. The van der Waals surface area contributed by atoms with E-state index >= 15 is 9.90 Å². The quantitative estimate of drug-likeness (QED) is 0.200. The number of hydrogen-bond acceptors (Lipinski definition) is 5. The summed E-state index contributed by atoms with van der Waals surface area (Å²) < 4.78 is 0. The number of nitrogens with zero attached hydrogens (tertiary/aromatic N) is 2. The molecule has 0 saturated heterocycles. The molecule has 0 spiro atoms. The van der Waals surface area contributed by atoms with Crippen molar-refractivity contribution in [1.82, 2.24) is 0 Å². The van der Waals surface area contributed by atoms with E-state index in [2.05, 4.69) is 113 Å². The number of rotatable bonds is 3. The Morgan fingerprint density at radius 3 is 1.82 bits per heavy atom. The molecule has 6 nitrogen and oxygen atoms in total. The second-order valence-electron chi connectivity index (χ2n) is 25.0. The molecule has 4 fully saturated rings. The van der Waals surface area contributed by atoms with Gasteiger partial charge in [0.05, 0.1) is 16.8 Å². The molecule has 372 valence electrons. The van der Waals surface area contributed by atoms with E-state index in [-0.39, 0.29) is 27.4 Å². The first-order valence-corrected chi connectivity index (χ1v) is 28.6. The number of Topliss-reactive ketones (excluding diaryl/α,β-unsaturated/α-hetero) is 1. The third-order valence-electron chi connectivity index (χ3n) is 20.5. The first kappa shape index (κ1) is 46.6. The average Bonchev–Trinajstić information content (AvgIpc) is 3.99. The van der Waals surface area contributed by atoms with Gasteiger partial charge in [0.2, 0.25) is 5.69 Å². The minimum atomic E-state index is -1.08. The van der Waals surface area contributed by atoms with Crippen molar-refractivity contribution in [3.63, 3.8) is 0 Å². The third-order valence-corrected chi connectivity index (χ3v) is 20.5. The lowest BCUT2D eigenvalue weighted by Crippen LogP contribution is -2.68. The van der Waals surface area contributed by atoms with Crippen LogP contribution in [0.1, 0.15) is 202 Å². The molecule has 6 heteroatoms. The smallest absolute Gasteiger partial charge is 0.211 e. The molecule has 6 atom stereocenters. The molecule has 4 aromatic rings. The number of ketones is 1. The number of fused-ring (bicyclic) bond motifs is 12. The van der Waals surface area contributed by atoms with Gasteiger partial charge in [-0.2, -0.15) is 0 Å². The highest BCUT2D eigenvalue weighted by Gasteiger charge is 2.53. The maximum Gasteiger partial charge on any atom is 0.211 e. The van der Waals surface area contributed by atoms with E-state index in [9.17, 15) is 0 Å². The lowest BCUT2D eigenvalue weighted by atomic mass is 9.62. The Balaban J connectivity index is 0.830. The van der Waals surface area contributed by atoms with Crippen molar-refractivity contribution in [3.8, 4) is 22.3 Å². The summed E-state index contributed by atoms with van der Waals surface area (Å²) in [6.45, 7) is 14.1. The van der Waals surface area contributed by atoms with Crippen molar-refractivity contribution in [2.24, 2.45) is 15.9 Å². The number of nitrogens with one attached hydrogen (secondary N) is 2. The normalized spacial score (nSPS) is 32.8. The van der Waals surface area contributed by atoms with E-state index in [4.69, 9.17) is 9.98 Å². The zero-order valence-electron chi connectivity index (χ0n) is 44.2. The summed E-state index contributed by atoms with van der Waals surface area (Å²) in [6, 6.07) is 23.6. The van der Waals surface area contributed by atoms with Gasteiger partial charge in [0.15, 0.2) is 11.5 Å². The van der Waals surface area contributed by atoms with Gasteiger partial charge in [0.1, 0.15) is 0 Å². The number of anilines is 1. The minimum Gasteiger partial charge on any atom is -0.848 e. The number of benzene rings is 4. The second-order valence-corrected chi connectivity index (χ2v) is 25.0. The Kier molecular flexibility index (Phi) is 11.1. The lowest BCUT2D eigenvalue weighted by Gasteiger charge is -2.48. The molecule has 2 N–H and O–H groups in total. The second kappa shape index (κ2) is 17.2. The van der Waals surface area contributed by atoms with Crippen molar-refractivity contribution >= 4 is 45.7 Å². The van der Waals surface area contributed by atoms with Crippen LogP contribution in [0.4, 0.5) is 22.7 Å². The fraction of sp³-hybridized carbons (Fsp3) is 0.515. The standard InChI is InChI=1S/C66H75N4O2/c1-39-33-43(41-26-28-51-48(35-41)64(4)30-18-10-8-16-24-54(64)67-51)36-49-57(39)69-61-45(21-13-11-19-31-65(49,61)5)55-59(71)56(60(55)72)46-22-14-12-20-32-66(6)50-37-44(34-40(2)58(50)70-62(46)66)42-25-27-47-52(38-42)68-53-23-15-7-9-17-29-63(47,53)3/h25-28,33-38,56,59,70H,7-24,29-32H2,1-6H3/q-1/p+1/b55-45+,62-46-. The highest BCUT2D eigenvalue weighted by atomic mass is 16.3. The Morgan fingerprint density at radius 1 is 0.542 bits per heavy atom. The van der Waals surface area contributed by atoms with E-state index < -0.39 is 12.0 Å². The van der Waals surface area contributed by atoms with Crippen molar-refractivity contribution < 1.29 is 14.9 Å². The van der Waals surface area contributed by atoms with Crippen LogP contribution in [0.3, 0.4) is 0 Å². The van der Waals surface area contributed by atoms with Gasteiger partial charge in [0.25, 0.3) is 0 Å². The van der Waals surface area contributed by atoms with Gasteiger partial charge in [-0.3, -0.25) is 14.8 Å². The molecule has 9 aliphatic rings. The molecule has 0 amide bonds. The van der Waals surface area contributed by atoms with E-state index in [1.54, 1.807) is 0 Å². The van der Waals surface area contributed by atoms with Crippen LogP contribution in [0.25, 0.3) is 22.3 Å². The number of carbonyl (C=O) groups is 1. The third kappa shape index (κ3) is 6.95. The van der Waals surface area contributed by atoms with Crippen molar-refractivity contribution in [3.05, 3.63) is 116 Å². The summed E-state index contributed by atoms with van der Waals surface area (Å²) in [5.41, 5.74) is 24.5. The molecular weight excluding hydrogens is 881 g/mol. The van der Waals surface area contributed by atoms with Gasteiger partial charge in [0, 0.05) is 61.7 Å². The number of aliphatic imine (C=N–C) groups is 2. The number of carbonyl (C=O) groups excluding carboxylic acids is 1. The maximum absolute atomic E-state index is 15.3. The topological polar surface area (TPSA) is 90.8 Å². The van der Waals surface area contributed by atoms with Gasteiger partial charge in [-0.1, -0.05) is 102 Å². The minimum absolute atomic E-state index is 0.0105. The molecule has 4 heterocycles. The SMILES string of the molecule is Cc1cc(-c2ccc3c(c2)N=C2CCCCCCC23C)cc2c1N/C1=C(\C3C(=O)/C(=C4\CCCCCC5(C)C4=[NH+]c4c(C)cc(-c6ccc7c(c6)C6(C)CCCCCCC6=N7)cc45)C3[O-])CCCCCC12C. The molecule has 0 aromatic heterocycles. The zero-order chi connectivity index (χ0) is 49.3. The summed E-state index contributed by atoms with van der Waals surface area (Å²) in [5.74, 6) is -0.576. The van der Waals surface area contributed by atoms with Crippen LogP contribution < -0.4 is 15.4 Å². The summed E-state index contributed by atoms with van der Waals surface area (Å²) in [6.07, 6.45) is 23.6. The molecule has 4 aliphatic heterocycles. The van der Waals surface area contributed by atoms with Gasteiger partial charge in [-0.25, -0.2) is 4.99 Å². The first-order chi connectivity index (χ1) is 34.8. The summed E-state index contributed by atoms with van der Waals surface area (Å²) >= 11 is 0. The molecule has 4 saturated carbocycles. The lowest BCUT2D eigenvalue weighted by molar-refractivity contribution is -0.420. The monoisotopic (exact) mass is 957 g/mol. The molecule has 13 rings (SSSR count). The van der Waals surface area contributed by atoms with E-state index in [0.29, 0.717) is 5.57 Å². The van der Waals surface area contributed by atoms with Crippen LogP contribution in [0, 0.1) is 19.8 Å². The Labute approximate surface area is 429 Å². The molecule has 6 unspecified atom stereocenters. The van der Waals surface area contributed by atoms with Crippen LogP contribution in [0.2, 0.25) is 0 Å². The fourth-order valence-corrected chi connectivity index (χ4v) is 16.0. The Morgan fingerprint density at radius 2 is 1.10 bits per heavy atom. The number of allylic oxidation sites excluding steroid dienone is 2. The predicted octanol–water partition coefficient (Wildman–Crippen LogP) is 14.2. The largest absolute Gasteiger partial charge is 0.848 e. The fourth-order valence-electron chi connectivity index (χ4n) is 16.0. The number of aryl methyl sites for hydroxylation is 2. The first-order valence-electron chi connectivity index (χ1n) is 28.6. The van der Waals surface area contributed by atoms with E-state index in [1.165, 1.54) is 131 Å². The van der Waals surface area contributed by atoms with Gasteiger partial charge in [-0.05, 0) is 203 Å². The maximum atomic E-state index is 15.3. The molecule has 0 bridgehead atoms. The highest BCUT2D eigenvalue weighted by molar-refractivity contribution is 6.17. The Bertz CT molecular complexity index is 3160. The zero-order valence-corrected chi connectivity index (χ0v) is 44.2. The molecule has 5 aliphatic carbocycles. The van der Waals surface area contributed by atoms with Gasteiger partial charge in [-0.15, -0.1) is 0 Å².